The van der Waals surface area contributed by atoms with Gasteiger partial charge in [0.25, 0.3) is 0 Å². The molecule has 0 N–H and O–H groups in total. The van der Waals surface area contributed by atoms with Crippen LogP contribution in [0.5, 0.6) is 0 Å². The van der Waals surface area contributed by atoms with Gasteiger partial charge in [-0.25, -0.2) is 0 Å². The van der Waals surface area contributed by atoms with Crippen LogP contribution >= 0.6 is 0 Å². The van der Waals surface area contributed by atoms with E-state index in [-0.39, 0.29) is 38.0 Å². The summed E-state index contributed by atoms with van der Waals surface area (Å²) in [6.45, 7) is 4.10. The first-order valence-corrected chi connectivity index (χ1v) is 7.59. The summed E-state index contributed by atoms with van der Waals surface area (Å²) in [6, 6.07) is -1.11. The van der Waals surface area contributed by atoms with Crippen LogP contribution in [0.25, 0.3) is 0 Å². The molecule has 1 atom stereocenters. The lowest BCUT2D eigenvalue weighted by Gasteiger charge is -2.38. The Bertz CT molecular complexity index is 507. The van der Waals surface area contributed by atoms with Crippen molar-refractivity contribution in [2.45, 2.75) is 44.9 Å². The number of hydrogen-bond donors (Lipinski definition) is 0. The fraction of sp³-hybridized carbons (Fsp3) is 0.786. The molecule has 2 rings (SSSR count). The molecule has 3 amide bonds. The van der Waals surface area contributed by atoms with Crippen molar-refractivity contribution in [1.29, 1.82) is 0 Å². The number of hydrogen-bond acceptors (Lipinski definition) is 3. The maximum atomic E-state index is 12.6. The van der Waals surface area contributed by atoms with Gasteiger partial charge in [0.05, 0.1) is 6.54 Å². The van der Waals surface area contributed by atoms with Crippen molar-refractivity contribution in [3.05, 3.63) is 0 Å². The number of carbonyl (C=O) groups excluding carboxylic acids is 3. The van der Waals surface area contributed by atoms with E-state index in [1.54, 1.807) is 4.90 Å². The van der Waals surface area contributed by atoms with Crippen molar-refractivity contribution in [3.8, 4) is 0 Å². The molecule has 0 aliphatic carbocycles. The zero-order chi connectivity index (χ0) is 17.4. The largest absolute Gasteiger partial charge is 0.471 e. The monoisotopic (exact) mass is 335 g/mol. The Labute approximate surface area is 132 Å². The van der Waals surface area contributed by atoms with Crippen molar-refractivity contribution in [2.24, 2.45) is 0 Å². The Hall–Kier alpha value is -1.80. The first kappa shape index (κ1) is 17.6. The van der Waals surface area contributed by atoms with Crippen LogP contribution in [0.3, 0.4) is 0 Å². The van der Waals surface area contributed by atoms with Crippen molar-refractivity contribution in [3.63, 3.8) is 0 Å². The molecule has 0 spiro atoms. The van der Waals surface area contributed by atoms with E-state index in [0.29, 0.717) is 17.9 Å². The van der Waals surface area contributed by atoms with E-state index in [2.05, 4.69) is 0 Å². The molecule has 0 aromatic carbocycles. The first-order chi connectivity index (χ1) is 10.6. The number of halogens is 3. The molecule has 0 aromatic heterocycles. The number of carbonyl (C=O) groups is 3. The van der Waals surface area contributed by atoms with Gasteiger partial charge in [0.15, 0.2) is 0 Å². The molecular weight excluding hydrogens is 315 g/mol. The minimum atomic E-state index is -4.99. The summed E-state index contributed by atoms with van der Waals surface area (Å²) >= 11 is 0. The van der Waals surface area contributed by atoms with E-state index in [4.69, 9.17) is 0 Å². The maximum Gasteiger partial charge on any atom is 0.471 e. The van der Waals surface area contributed by atoms with Gasteiger partial charge in [-0.1, -0.05) is 0 Å². The zero-order valence-electron chi connectivity index (χ0n) is 13.1. The molecule has 9 heteroatoms. The number of nitrogens with zero attached hydrogens (tertiary/aromatic N) is 3. The van der Waals surface area contributed by atoms with E-state index >= 15 is 0 Å². The number of amides is 3. The summed E-state index contributed by atoms with van der Waals surface area (Å²) in [4.78, 5) is 39.4. The molecule has 2 fully saturated rings. The first-order valence-electron chi connectivity index (χ1n) is 7.59. The minimum Gasteiger partial charge on any atom is -0.337 e. The Morgan fingerprint density at radius 3 is 2.35 bits per heavy atom. The van der Waals surface area contributed by atoms with Gasteiger partial charge in [0.1, 0.15) is 6.04 Å². The Morgan fingerprint density at radius 2 is 1.83 bits per heavy atom. The highest BCUT2D eigenvalue weighted by molar-refractivity contribution is 5.93. The second-order valence-electron chi connectivity index (χ2n) is 6.10. The van der Waals surface area contributed by atoms with Crippen LogP contribution in [0.4, 0.5) is 13.2 Å². The highest BCUT2D eigenvalue weighted by atomic mass is 19.4. The molecule has 0 saturated carbocycles. The fourth-order valence-corrected chi connectivity index (χ4v) is 3.06. The second-order valence-corrected chi connectivity index (χ2v) is 6.10. The average Bonchev–Trinajstić information content (AvgIpc) is 2.93. The smallest absolute Gasteiger partial charge is 0.337 e. The van der Waals surface area contributed by atoms with Crippen molar-refractivity contribution in [2.75, 3.05) is 26.2 Å². The molecule has 0 radical (unpaired) electrons. The highest BCUT2D eigenvalue weighted by Gasteiger charge is 2.48. The lowest BCUT2D eigenvalue weighted by molar-refractivity contribution is -0.187. The third kappa shape index (κ3) is 3.59. The van der Waals surface area contributed by atoms with Crippen LogP contribution in [0, 0.1) is 0 Å². The van der Waals surface area contributed by atoms with Gasteiger partial charge >= 0.3 is 12.1 Å². The van der Waals surface area contributed by atoms with Crippen LogP contribution < -0.4 is 0 Å². The molecule has 23 heavy (non-hydrogen) atoms. The molecule has 2 aliphatic heterocycles. The number of rotatable bonds is 2. The quantitative estimate of drug-likeness (QED) is 0.743. The summed E-state index contributed by atoms with van der Waals surface area (Å²) in [5.74, 6) is -2.79. The molecule has 6 nitrogen and oxygen atoms in total. The van der Waals surface area contributed by atoms with E-state index in [1.165, 1.54) is 4.90 Å². The SMILES string of the molecule is CC(C)N1CCN(C(=O)C2CCCN2C(=O)C(F)(F)F)CC1=O. The number of piperazine rings is 1. The molecular formula is C14H20F3N3O3. The topological polar surface area (TPSA) is 60.9 Å². The molecule has 2 heterocycles. The molecule has 2 saturated heterocycles. The minimum absolute atomic E-state index is 0.00883. The predicted molar refractivity (Wildman–Crippen MR) is 74.2 cm³/mol. The second kappa shape index (κ2) is 6.37. The number of likely N-dealkylation sites (tertiary alicyclic amines) is 1. The molecule has 0 bridgehead atoms. The third-order valence-corrected chi connectivity index (χ3v) is 4.23. The zero-order valence-corrected chi connectivity index (χ0v) is 13.1. The van der Waals surface area contributed by atoms with Crippen LogP contribution in [-0.4, -0.2) is 76.9 Å². The summed E-state index contributed by atoms with van der Waals surface area (Å²) < 4.78 is 37.8. The molecule has 0 aromatic rings. The van der Waals surface area contributed by atoms with Crippen LogP contribution in [0.15, 0.2) is 0 Å². The highest BCUT2D eigenvalue weighted by Crippen LogP contribution is 2.27. The summed E-state index contributed by atoms with van der Waals surface area (Å²) in [5.41, 5.74) is 0. The number of alkyl halides is 3. The van der Waals surface area contributed by atoms with Crippen LogP contribution in [-0.2, 0) is 14.4 Å². The summed E-state index contributed by atoms with van der Waals surface area (Å²) in [6.07, 6.45) is -4.45. The molecule has 1 unspecified atom stereocenters. The van der Waals surface area contributed by atoms with E-state index in [1.807, 2.05) is 13.8 Å². The van der Waals surface area contributed by atoms with Gasteiger partial charge in [0, 0.05) is 25.7 Å². The maximum absolute atomic E-state index is 12.6. The van der Waals surface area contributed by atoms with Crippen LogP contribution in [0.1, 0.15) is 26.7 Å². The van der Waals surface area contributed by atoms with E-state index in [9.17, 15) is 27.6 Å². The normalized spacial score (nSPS) is 23.0. The van der Waals surface area contributed by atoms with Crippen molar-refractivity contribution < 1.29 is 27.6 Å². The van der Waals surface area contributed by atoms with E-state index < -0.39 is 24.0 Å². The van der Waals surface area contributed by atoms with Gasteiger partial charge in [0.2, 0.25) is 11.8 Å². The van der Waals surface area contributed by atoms with Crippen LogP contribution in [0.2, 0.25) is 0 Å². The van der Waals surface area contributed by atoms with E-state index in [0.717, 1.165) is 0 Å². The standard InChI is InChI=1S/C14H20F3N3O3/c1-9(2)19-7-6-18(8-11(19)21)12(22)10-4-3-5-20(10)13(23)14(15,16)17/h9-10H,3-8H2,1-2H3. The summed E-state index contributed by atoms with van der Waals surface area (Å²) in [7, 11) is 0. The predicted octanol–water partition coefficient (Wildman–Crippen LogP) is 0.619. The van der Waals surface area contributed by atoms with Gasteiger partial charge < -0.3 is 14.7 Å². The van der Waals surface area contributed by atoms with Gasteiger partial charge in [-0.3, -0.25) is 14.4 Å². The molecule has 130 valence electrons. The Kier molecular flexibility index (Phi) is 4.86. The summed E-state index contributed by atoms with van der Waals surface area (Å²) in [5, 5.41) is 0. The molecule has 2 aliphatic rings. The van der Waals surface area contributed by atoms with Gasteiger partial charge in [-0.05, 0) is 26.7 Å². The van der Waals surface area contributed by atoms with Crippen molar-refractivity contribution >= 4 is 17.7 Å². The fourth-order valence-electron chi connectivity index (χ4n) is 3.06. The average molecular weight is 335 g/mol. The lowest BCUT2D eigenvalue weighted by Crippen LogP contribution is -2.58. The Morgan fingerprint density at radius 1 is 1.17 bits per heavy atom. The van der Waals surface area contributed by atoms with Gasteiger partial charge in [-0.2, -0.15) is 13.2 Å². The third-order valence-electron chi connectivity index (χ3n) is 4.23. The van der Waals surface area contributed by atoms with Crippen molar-refractivity contribution in [1.82, 2.24) is 14.7 Å². The Balaban J connectivity index is 2.06. The van der Waals surface area contributed by atoms with Gasteiger partial charge in [-0.15, -0.1) is 0 Å². The lowest BCUT2D eigenvalue weighted by atomic mass is 10.1.